The molecule has 31 heavy (non-hydrogen) atoms. The average molecular weight is 451 g/mol. The lowest BCUT2D eigenvalue weighted by Crippen LogP contribution is -2.37. The Morgan fingerprint density at radius 1 is 1.00 bits per heavy atom. The molecule has 0 unspecified atom stereocenters. The van der Waals surface area contributed by atoms with Gasteiger partial charge in [0.25, 0.3) is 0 Å². The van der Waals surface area contributed by atoms with Gasteiger partial charge in [-0.3, -0.25) is 4.79 Å². The predicted octanol–water partition coefficient (Wildman–Crippen LogP) is 2.20. The number of esters is 1. The van der Waals surface area contributed by atoms with E-state index in [4.69, 9.17) is 14.2 Å². The molecule has 168 valence electrons. The standard InChI is InChI=1S/C21H26N2O7S/c1-14-6-8-15(9-7-14)12-23(31(5,26)27)13-20(24)22-17-11-19(29-3)18(28-2)10-16(17)21(25)30-4/h6-11H,12-13H2,1-5H3,(H,22,24). The maximum absolute atomic E-state index is 12.7. The number of rotatable bonds is 9. The largest absolute Gasteiger partial charge is 0.493 e. The van der Waals surface area contributed by atoms with Crippen LogP contribution in [0.15, 0.2) is 36.4 Å². The number of amides is 1. The fraction of sp³-hybridized carbons (Fsp3) is 0.333. The van der Waals surface area contributed by atoms with Gasteiger partial charge in [-0.05, 0) is 12.5 Å². The lowest BCUT2D eigenvalue weighted by Gasteiger charge is -2.20. The van der Waals surface area contributed by atoms with Crippen LogP contribution < -0.4 is 14.8 Å². The van der Waals surface area contributed by atoms with Crippen LogP contribution in [0.5, 0.6) is 11.5 Å². The summed E-state index contributed by atoms with van der Waals surface area (Å²) in [6, 6.07) is 10.1. The number of carbonyl (C=O) groups excluding carboxylic acids is 2. The number of hydrogen-bond acceptors (Lipinski definition) is 7. The van der Waals surface area contributed by atoms with Crippen molar-refractivity contribution in [2.24, 2.45) is 0 Å². The van der Waals surface area contributed by atoms with Crippen molar-refractivity contribution in [1.82, 2.24) is 4.31 Å². The van der Waals surface area contributed by atoms with Crippen LogP contribution in [0.2, 0.25) is 0 Å². The van der Waals surface area contributed by atoms with Gasteiger partial charge in [0.15, 0.2) is 11.5 Å². The fourth-order valence-electron chi connectivity index (χ4n) is 2.80. The molecule has 0 aliphatic rings. The number of carbonyl (C=O) groups is 2. The van der Waals surface area contributed by atoms with E-state index in [2.05, 4.69) is 5.32 Å². The lowest BCUT2D eigenvalue weighted by molar-refractivity contribution is -0.116. The smallest absolute Gasteiger partial charge is 0.340 e. The Bertz CT molecular complexity index is 1050. The molecule has 0 aliphatic carbocycles. The molecule has 1 amide bonds. The van der Waals surface area contributed by atoms with Crippen molar-refractivity contribution in [1.29, 1.82) is 0 Å². The molecule has 0 aromatic heterocycles. The summed E-state index contributed by atoms with van der Waals surface area (Å²) in [4.78, 5) is 24.8. The third-order valence-corrected chi connectivity index (χ3v) is 5.67. The third-order valence-electron chi connectivity index (χ3n) is 4.47. The summed E-state index contributed by atoms with van der Waals surface area (Å²) in [7, 11) is 0.347. The highest BCUT2D eigenvalue weighted by atomic mass is 32.2. The van der Waals surface area contributed by atoms with Gasteiger partial charge in [-0.15, -0.1) is 0 Å². The summed E-state index contributed by atoms with van der Waals surface area (Å²) in [5.74, 6) is -0.770. The molecule has 10 heteroatoms. The van der Waals surface area contributed by atoms with Gasteiger partial charge in [-0.2, -0.15) is 4.31 Å². The number of benzene rings is 2. The van der Waals surface area contributed by atoms with Crippen LogP contribution in [-0.4, -0.2) is 58.7 Å². The van der Waals surface area contributed by atoms with Gasteiger partial charge in [-0.25, -0.2) is 13.2 Å². The predicted molar refractivity (Wildman–Crippen MR) is 116 cm³/mol. The second-order valence-electron chi connectivity index (χ2n) is 6.81. The SMILES string of the molecule is COC(=O)c1cc(OC)c(OC)cc1NC(=O)CN(Cc1ccc(C)cc1)S(C)(=O)=O. The summed E-state index contributed by atoms with van der Waals surface area (Å²) < 4.78 is 40.7. The third kappa shape index (κ3) is 6.43. The van der Waals surface area contributed by atoms with E-state index in [0.29, 0.717) is 0 Å². The molecule has 0 radical (unpaired) electrons. The Hall–Kier alpha value is -3.11. The summed E-state index contributed by atoms with van der Waals surface area (Å²) in [5, 5.41) is 2.57. The number of nitrogens with zero attached hydrogens (tertiary/aromatic N) is 1. The zero-order chi connectivity index (χ0) is 23.2. The molecule has 0 bridgehead atoms. The van der Waals surface area contributed by atoms with E-state index in [1.807, 2.05) is 19.1 Å². The van der Waals surface area contributed by atoms with Crippen molar-refractivity contribution in [2.75, 3.05) is 39.4 Å². The van der Waals surface area contributed by atoms with Crippen LogP contribution in [0, 0.1) is 6.92 Å². The van der Waals surface area contributed by atoms with Crippen LogP contribution in [0.3, 0.4) is 0 Å². The molecule has 0 spiro atoms. The van der Waals surface area contributed by atoms with Crippen molar-refractivity contribution in [3.63, 3.8) is 0 Å². The molecule has 2 rings (SSSR count). The molecule has 2 aromatic rings. The monoisotopic (exact) mass is 450 g/mol. The van der Waals surface area contributed by atoms with Crippen molar-refractivity contribution in [2.45, 2.75) is 13.5 Å². The van der Waals surface area contributed by atoms with Crippen molar-refractivity contribution < 1.29 is 32.2 Å². The molecular weight excluding hydrogens is 424 g/mol. The quantitative estimate of drug-likeness (QED) is 0.583. The minimum Gasteiger partial charge on any atom is -0.493 e. The number of aryl methyl sites for hydroxylation is 1. The van der Waals surface area contributed by atoms with E-state index >= 15 is 0 Å². The summed E-state index contributed by atoms with van der Waals surface area (Å²) in [5.41, 5.74) is 1.93. The average Bonchev–Trinajstić information content (AvgIpc) is 2.73. The van der Waals surface area contributed by atoms with E-state index in [0.717, 1.165) is 21.7 Å². The molecule has 0 fully saturated rings. The Morgan fingerprint density at radius 3 is 2.10 bits per heavy atom. The van der Waals surface area contributed by atoms with Gasteiger partial charge in [0, 0.05) is 18.7 Å². The zero-order valence-corrected chi connectivity index (χ0v) is 18.9. The highest BCUT2D eigenvalue weighted by Crippen LogP contribution is 2.33. The van der Waals surface area contributed by atoms with Crippen molar-refractivity contribution >= 4 is 27.6 Å². The molecule has 0 saturated heterocycles. The molecular formula is C21H26N2O7S. The van der Waals surface area contributed by atoms with Gasteiger partial charge < -0.3 is 19.5 Å². The first kappa shape index (κ1) is 24.2. The van der Waals surface area contributed by atoms with Crippen LogP contribution in [0.25, 0.3) is 0 Å². The lowest BCUT2D eigenvalue weighted by atomic mass is 10.1. The Kier molecular flexibility index (Phi) is 8.01. The molecule has 0 heterocycles. The van der Waals surface area contributed by atoms with Gasteiger partial charge in [0.05, 0.1) is 45.4 Å². The fourth-order valence-corrected chi connectivity index (χ4v) is 3.53. The van der Waals surface area contributed by atoms with Crippen LogP contribution in [-0.2, 0) is 26.1 Å². The van der Waals surface area contributed by atoms with E-state index in [1.54, 1.807) is 12.1 Å². The highest BCUT2D eigenvalue weighted by molar-refractivity contribution is 7.88. The number of hydrogen-bond donors (Lipinski definition) is 1. The number of nitrogens with one attached hydrogen (secondary N) is 1. The second kappa shape index (κ2) is 10.3. The first-order valence-corrected chi connectivity index (χ1v) is 11.1. The topological polar surface area (TPSA) is 111 Å². The van der Waals surface area contributed by atoms with Crippen LogP contribution >= 0.6 is 0 Å². The number of methoxy groups -OCH3 is 3. The van der Waals surface area contributed by atoms with E-state index < -0.39 is 28.4 Å². The Morgan fingerprint density at radius 2 is 1.58 bits per heavy atom. The second-order valence-corrected chi connectivity index (χ2v) is 8.79. The number of sulfonamides is 1. The summed E-state index contributed by atoms with van der Waals surface area (Å²) in [6.07, 6.45) is 1.03. The maximum Gasteiger partial charge on any atom is 0.340 e. The zero-order valence-electron chi connectivity index (χ0n) is 18.1. The molecule has 2 aromatic carbocycles. The number of ether oxygens (including phenoxy) is 3. The van der Waals surface area contributed by atoms with Gasteiger partial charge in [0.1, 0.15) is 0 Å². The maximum atomic E-state index is 12.7. The Labute approximate surface area is 182 Å². The highest BCUT2D eigenvalue weighted by Gasteiger charge is 2.23. The van der Waals surface area contributed by atoms with Gasteiger partial charge >= 0.3 is 5.97 Å². The first-order chi connectivity index (χ1) is 14.6. The number of anilines is 1. The minimum atomic E-state index is -3.68. The van der Waals surface area contributed by atoms with E-state index in [9.17, 15) is 18.0 Å². The van der Waals surface area contributed by atoms with Crippen molar-refractivity contribution in [3.05, 3.63) is 53.1 Å². The molecule has 9 nitrogen and oxygen atoms in total. The summed E-state index contributed by atoms with van der Waals surface area (Å²) >= 11 is 0. The molecule has 0 aliphatic heterocycles. The van der Waals surface area contributed by atoms with Crippen molar-refractivity contribution in [3.8, 4) is 11.5 Å². The first-order valence-electron chi connectivity index (χ1n) is 9.24. The van der Waals surface area contributed by atoms with E-state index in [-0.39, 0.29) is 29.3 Å². The molecule has 0 saturated carbocycles. The Balaban J connectivity index is 2.29. The normalized spacial score (nSPS) is 11.2. The molecule has 0 atom stereocenters. The summed E-state index contributed by atoms with van der Waals surface area (Å²) in [6.45, 7) is 1.51. The van der Waals surface area contributed by atoms with Gasteiger partial charge in [-0.1, -0.05) is 29.8 Å². The minimum absolute atomic E-state index is 0.0301. The van der Waals surface area contributed by atoms with E-state index in [1.165, 1.54) is 33.5 Å². The van der Waals surface area contributed by atoms with Gasteiger partial charge in [0.2, 0.25) is 15.9 Å². The van der Waals surface area contributed by atoms with Crippen LogP contribution in [0.1, 0.15) is 21.5 Å². The van der Waals surface area contributed by atoms with Crippen LogP contribution in [0.4, 0.5) is 5.69 Å². The molecule has 1 N–H and O–H groups in total.